The van der Waals surface area contributed by atoms with E-state index in [2.05, 4.69) is 17.2 Å². The molecule has 0 aromatic heterocycles. The van der Waals surface area contributed by atoms with Crippen molar-refractivity contribution in [1.82, 2.24) is 5.32 Å². The van der Waals surface area contributed by atoms with Crippen LogP contribution in [0.2, 0.25) is 0 Å². The molecule has 1 amide bonds. The second-order valence-corrected chi connectivity index (χ2v) is 7.21. The van der Waals surface area contributed by atoms with Crippen molar-refractivity contribution >= 4 is 15.7 Å². The molecule has 0 spiro atoms. The largest absolute Gasteiger partial charge is 0.348 e. The summed E-state index contributed by atoms with van der Waals surface area (Å²) in [7, 11) is -3.04. The lowest BCUT2D eigenvalue weighted by atomic mass is 10.1. The lowest BCUT2D eigenvalue weighted by molar-refractivity contribution is 0.0938. The summed E-state index contributed by atoms with van der Waals surface area (Å²) in [5, 5.41) is 2.79. The van der Waals surface area contributed by atoms with Gasteiger partial charge in [0.1, 0.15) is 0 Å². The number of nitrogens with two attached hydrogens (primary N) is 1. The molecule has 1 aromatic carbocycles. The molecule has 1 aliphatic heterocycles. The zero-order chi connectivity index (χ0) is 15.3. The summed E-state index contributed by atoms with van der Waals surface area (Å²) < 4.78 is 23.2. The first kappa shape index (κ1) is 15.5. The summed E-state index contributed by atoms with van der Waals surface area (Å²) in [6.07, 6.45) is 1.27. The second kappa shape index (κ2) is 6.74. The molecule has 0 bridgehead atoms. The van der Waals surface area contributed by atoms with Crippen molar-refractivity contribution in [1.29, 1.82) is 0 Å². The molecule has 6 heteroatoms. The SMILES string of the molecule is NCC#Cc1ccccc1C(=O)NC1CCCS(=O)(=O)C1. The quantitative estimate of drug-likeness (QED) is 0.769. The first-order valence-corrected chi connectivity index (χ1v) is 8.63. The molecule has 1 heterocycles. The molecule has 0 radical (unpaired) electrons. The second-order valence-electron chi connectivity index (χ2n) is 4.98. The third kappa shape index (κ3) is 4.31. The number of rotatable bonds is 2. The molecule has 0 saturated carbocycles. The van der Waals surface area contributed by atoms with Gasteiger partial charge in [-0.2, -0.15) is 0 Å². The highest BCUT2D eigenvalue weighted by atomic mass is 32.2. The minimum Gasteiger partial charge on any atom is -0.348 e. The minimum absolute atomic E-state index is 0.00931. The molecule has 1 aliphatic rings. The van der Waals surface area contributed by atoms with Gasteiger partial charge in [-0.15, -0.1) is 0 Å². The standard InChI is InChI=1S/C15H18N2O3S/c16-9-3-6-12-5-1-2-8-14(12)15(18)17-13-7-4-10-21(19,20)11-13/h1-2,5,8,13H,4,7,9-11,16H2,(H,17,18). The lowest BCUT2D eigenvalue weighted by Gasteiger charge is -2.23. The van der Waals surface area contributed by atoms with Crippen LogP contribution in [0.4, 0.5) is 0 Å². The maximum Gasteiger partial charge on any atom is 0.252 e. The number of sulfone groups is 1. The van der Waals surface area contributed by atoms with Gasteiger partial charge in [-0.25, -0.2) is 8.42 Å². The monoisotopic (exact) mass is 306 g/mol. The van der Waals surface area contributed by atoms with Crippen molar-refractivity contribution in [3.63, 3.8) is 0 Å². The third-order valence-electron chi connectivity index (χ3n) is 3.30. The highest BCUT2D eigenvalue weighted by Crippen LogP contribution is 2.14. The number of hydrogen-bond acceptors (Lipinski definition) is 4. The summed E-state index contributed by atoms with van der Waals surface area (Å²) in [6.45, 7) is 0.219. The Morgan fingerprint density at radius 2 is 2.14 bits per heavy atom. The molecule has 2 rings (SSSR count). The zero-order valence-electron chi connectivity index (χ0n) is 11.6. The molecule has 1 aromatic rings. The van der Waals surface area contributed by atoms with Crippen LogP contribution < -0.4 is 11.1 Å². The molecule has 1 atom stereocenters. The Morgan fingerprint density at radius 1 is 1.38 bits per heavy atom. The van der Waals surface area contributed by atoms with Crippen molar-refractivity contribution in [3.8, 4) is 11.8 Å². The van der Waals surface area contributed by atoms with Crippen LogP contribution in [0.15, 0.2) is 24.3 Å². The highest BCUT2D eigenvalue weighted by molar-refractivity contribution is 7.91. The molecule has 1 saturated heterocycles. The summed E-state index contributed by atoms with van der Waals surface area (Å²) in [5.74, 6) is 5.49. The Hall–Kier alpha value is -1.84. The van der Waals surface area contributed by atoms with Crippen LogP contribution in [0, 0.1) is 11.8 Å². The van der Waals surface area contributed by atoms with E-state index in [1.807, 2.05) is 0 Å². The van der Waals surface area contributed by atoms with Crippen LogP contribution in [0.25, 0.3) is 0 Å². The van der Waals surface area contributed by atoms with Gasteiger partial charge in [0.05, 0.1) is 23.6 Å². The number of nitrogens with one attached hydrogen (secondary N) is 1. The van der Waals surface area contributed by atoms with Crippen molar-refractivity contribution < 1.29 is 13.2 Å². The maximum atomic E-state index is 12.3. The fourth-order valence-electron chi connectivity index (χ4n) is 2.34. The summed E-state index contributed by atoms with van der Waals surface area (Å²) >= 11 is 0. The van der Waals surface area contributed by atoms with E-state index in [0.717, 1.165) is 0 Å². The van der Waals surface area contributed by atoms with Gasteiger partial charge in [-0.1, -0.05) is 24.0 Å². The van der Waals surface area contributed by atoms with Crippen LogP contribution in [0.5, 0.6) is 0 Å². The maximum absolute atomic E-state index is 12.3. The van der Waals surface area contributed by atoms with Gasteiger partial charge >= 0.3 is 0 Å². The first-order chi connectivity index (χ1) is 10.0. The first-order valence-electron chi connectivity index (χ1n) is 6.81. The van der Waals surface area contributed by atoms with Crippen LogP contribution in [-0.4, -0.2) is 38.4 Å². The van der Waals surface area contributed by atoms with Gasteiger partial charge < -0.3 is 11.1 Å². The minimum atomic E-state index is -3.04. The van der Waals surface area contributed by atoms with Crippen LogP contribution in [-0.2, 0) is 9.84 Å². The average Bonchev–Trinajstić information content (AvgIpc) is 2.44. The Balaban J connectivity index is 2.14. The normalized spacial score (nSPS) is 20.1. The van der Waals surface area contributed by atoms with Gasteiger partial charge in [-0.05, 0) is 25.0 Å². The molecular formula is C15H18N2O3S. The van der Waals surface area contributed by atoms with E-state index in [1.54, 1.807) is 24.3 Å². The van der Waals surface area contributed by atoms with Crippen LogP contribution in [0.1, 0.15) is 28.8 Å². The van der Waals surface area contributed by atoms with Gasteiger partial charge in [0.15, 0.2) is 9.84 Å². The van der Waals surface area contributed by atoms with Crippen molar-refractivity contribution in [3.05, 3.63) is 35.4 Å². The number of benzene rings is 1. The van der Waals surface area contributed by atoms with E-state index >= 15 is 0 Å². The van der Waals surface area contributed by atoms with Crippen LogP contribution >= 0.6 is 0 Å². The summed E-state index contributed by atoms with van der Waals surface area (Å²) in [6, 6.07) is 6.64. The zero-order valence-corrected chi connectivity index (χ0v) is 12.4. The molecule has 5 nitrogen and oxygen atoms in total. The Labute approximate surface area is 124 Å². The van der Waals surface area contributed by atoms with Crippen molar-refractivity contribution in [2.45, 2.75) is 18.9 Å². The lowest BCUT2D eigenvalue weighted by Crippen LogP contribution is -2.43. The average molecular weight is 306 g/mol. The number of amides is 1. The third-order valence-corrected chi connectivity index (χ3v) is 5.12. The van der Waals surface area contributed by atoms with Gasteiger partial charge in [0.25, 0.3) is 5.91 Å². The van der Waals surface area contributed by atoms with Crippen molar-refractivity contribution in [2.24, 2.45) is 5.73 Å². The smallest absolute Gasteiger partial charge is 0.252 e. The fourth-order valence-corrected chi connectivity index (χ4v) is 3.97. The van der Waals surface area contributed by atoms with E-state index in [-0.39, 0.29) is 30.0 Å². The molecule has 112 valence electrons. The summed E-state index contributed by atoms with van der Waals surface area (Å²) in [4.78, 5) is 12.3. The Morgan fingerprint density at radius 3 is 2.86 bits per heavy atom. The highest BCUT2D eigenvalue weighted by Gasteiger charge is 2.26. The molecular weight excluding hydrogens is 288 g/mol. The number of carbonyl (C=O) groups excluding carboxylic acids is 1. The molecule has 1 unspecified atom stereocenters. The van der Waals surface area contributed by atoms with Crippen molar-refractivity contribution in [2.75, 3.05) is 18.1 Å². The molecule has 21 heavy (non-hydrogen) atoms. The molecule has 3 N–H and O–H groups in total. The Bertz CT molecular complexity index is 686. The van der Waals surface area contributed by atoms with E-state index in [0.29, 0.717) is 24.0 Å². The number of hydrogen-bond donors (Lipinski definition) is 2. The van der Waals surface area contributed by atoms with Gasteiger partial charge in [-0.3, -0.25) is 4.79 Å². The predicted molar refractivity (Wildman–Crippen MR) is 81.5 cm³/mol. The van der Waals surface area contributed by atoms with E-state index < -0.39 is 9.84 Å². The Kier molecular flexibility index (Phi) is 4.99. The summed E-state index contributed by atoms with van der Waals surface area (Å²) in [5.41, 5.74) is 6.38. The fraction of sp³-hybridized carbons (Fsp3) is 0.400. The van der Waals surface area contributed by atoms with E-state index in [1.165, 1.54) is 0 Å². The van der Waals surface area contributed by atoms with E-state index in [4.69, 9.17) is 5.73 Å². The van der Waals surface area contributed by atoms with E-state index in [9.17, 15) is 13.2 Å². The molecule has 0 aliphatic carbocycles. The number of carbonyl (C=O) groups is 1. The topological polar surface area (TPSA) is 89.3 Å². The predicted octanol–water partition coefficient (Wildman–Crippen LogP) is 0.304. The van der Waals surface area contributed by atoms with Gasteiger partial charge in [0.2, 0.25) is 0 Å². The van der Waals surface area contributed by atoms with Gasteiger partial charge in [0, 0.05) is 11.6 Å². The molecule has 1 fully saturated rings. The van der Waals surface area contributed by atoms with Crippen LogP contribution in [0.3, 0.4) is 0 Å².